The average Bonchev–Trinajstić information content (AvgIpc) is 3.46. The molecule has 186 valence electrons. The zero-order valence-corrected chi connectivity index (χ0v) is 20.3. The summed E-state index contributed by atoms with van der Waals surface area (Å²) in [5.41, 5.74) is 0.816. The predicted octanol–water partition coefficient (Wildman–Crippen LogP) is 1.93. The van der Waals surface area contributed by atoms with Gasteiger partial charge in [-0.3, -0.25) is 29.4 Å². The van der Waals surface area contributed by atoms with Gasteiger partial charge >= 0.3 is 6.09 Å². The highest BCUT2D eigenvalue weighted by Gasteiger charge is 2.47. The van der Waals surface area contributed by atoms with E-state index >= 15 is 0 Å². The standard InChI is InChI=1S/C25H30N4O6/c1-24(2,3)35-23(34)28-11-9-25(14-28)8-10-27(13-25)15-4-5-16-17(12-15)22(33)29(21(16)32)18-6-7-19(30)26-20(18)31/h4-5,12,18H,6-11,13-14H2,1-3H3,(H,26,30,31). The molecule has 2 atom stereocenters. The highest BCUT2D eigenvalue weighted by Crippen LogP contribution is 2.42. The van der Waals surface area contributed by atoms with Crippen LogP contribution in [0.4, 0.5) is 10.5 Å². The summed E-state index contributed by atoms with van der Waals surface area (Å²) in [5, 5.41) is 2.21. The first kappa shape index (κ1) is 23.3. The molecule has 35 heavy (non-hydrogen) atoms. The minimum Gasteiger partial charge on any atom is -0.444 e. The maximum atomic E-state index is 13.1. The summed E-state index contributed by atoms with van der Waals surface area (Å²) >= 11 is 0. The first-order valence-corrected chi connectivity index (χ1v) is 12.0. The van der Waals surface area contributed by atoms with Gasteiger partial charge in [-0.05, 0) is 58.2 Å². The van der Waals surface area contributed by atoms with E-state index in [1.807, 2.05) is 26.8 Å². The van der Waals surface area contributed by atoms with Gasteiger partial charge in [0, 0.05) is 43.7 Å². The highest BCUT2D eigenvalue weighted by molar-refractivity contribution is 6.23. The van der Waals surface area contributed by atoms with Gasteiger partial charge in [-0.2, -0.15) is 0 Å². The van der Waals surface area contributed by atoms with Gasteiger partial charge in [0.15, 0.2) is 0 Å². The number of fused-ring (bicyclic) bond motifs is 1. The minimum atomic E-state index is -0.976. The lowest BCUT2D eigenvalue weighted by Crippen LogP contribution is -2.54. The molecule has 5 rings (SSSR count). The highest BCUT2D eigenvalue weighted by atomic mass is 16.6. The van der Waals surface area contributed by atoms with Crippen molar-refractivity contribution >= 4 is 35.4 Å². The molecular formula is C25H30N4O6. The molecule has 3 fully saturated rings. The summed E-state index contributed by atoms with van der Waals surface area (Å²) in [7, 11) is 0. The molecule has 1 spiro atoms. The van der Waals surface area contributed by atoms with Crippen LogP contribution in [-0.2, 0) is 14.3 Å². The summed E-state index contributed by atoms with van der Waals surface area (Å²) in [5.74, 6) is -2.03. The Labute approximate surface area is 203 Å². The number of carbonyl (C=O) groups excluding carboxylic acids is 5. The van der Waals surface area contributed by atoms with Gasteiger partial charge in [-0.15, -0.1) is 0 Å². The fourth-order valence-corrected chi connectivity index (χ4v) is 5.56. The third kappa shape index (κ3) is 4.15. The monoisotopic (exact) mass is 482 g/mol. The van der Waals surface area contributed by atoms with Crippen LogP contribution < -0.4 is 10.2 Å². The van der Waals surface area contributed by atoms with E-state index in [1.165, 1.54) is 0 Å². The number of carbonyl (C=O) groups is 5. The largest absolute Gasteiger partial charge is 0.444 e. The van der Waals surface area contributed by atoms with Crippen LogP contribution in [0.1, 0.15) is 67.2 Å². The van der Waals surface area contributed by atoms with E-state index < -0.39 is 35.3 Å². The number of piperidine rings is 1. The molecule has 10 nitrogen and oxygen atoms in total. The van der Waals surface area contributed by atoms with Gasteiger partial charge in [0.25, 0.3) is 11.8 Å². The fraction of sp³-hybridized carbons (Fsp3) is 0.560. The maximum absolute atomic E-state index is 13.1. The van der Waals surface area contributed by atoms with Crippen LogP contribution in [0, 0.1) is 5.41 Å². The van der Waals surface area contributed by atoms with Gasteiger partial charge in [0.1, 0.15) is 11.6 Å². The van der Waals surface area contributed by atoms with E-state index in [9.17, 15) is 24.0 Å². The summed E-state index contributed by atoms with van der Waals surface area (Å²) in [6.45, 7) is 8.37. The molecule has 4 aliphatic heterocycles. The number of benzene rings is 1. The van der Waals surface area contributed by atoms with Crippen molar-refractivity contribution in [3.63, 3.8) is 0 Å². The average molecular weight is 483 g/mol. The molecule has 5 amide bonds. The summed E-state index contributed by atoms with van der Waals surface area (Å²) in [4.78, 5) is 67.3. The van der Waals surface area contributed by atoms with Gasteiger partial charge in [-0.1, -0.05) is 0 Å². The fourth-order valence-electron chi connectivity index (χ4n) is 5.56. The normalized spacial score (nSPS) is 26.6. The molecular weight excluding hydrogens is 452 g/mol. The Morgan fingerprint density at radius 1 is 1.03 bits per heavy atom. The Balaban J connectivity index is 1.29. The van der Waals surface area contributed by atoms with Crippen molar-refractivity contribution in [2.45, 2.75) is 58.1 Å². The molecule has 0 bridgehead atoms. The smallest absolute Gasteiger partial charge is 0.410 e. The van der Waals surface area contributed by atoms with E-state index in [1.54, 1.807) is 17.0 Å². The van der Waals surface area contributed by atoms with Crippen LogP contribution in [-0.4, -0.2) is 77.3 Å². The first-order chi connectivity index (χ1) is 16.5. The van der Waals surface area contributed by atoms with Gasteiger partial charge in [0.05, 0.1) is 11.1 Å². The lowest BCUT2D eigenvalue weighted by Gasteiger charge is -2.27. The number of rotatable bonds is 2. The van der Waals surface area contributed by atoms with Crippen LogP contribution in [0.3, 0.4) is 0 Å². The molecule has 10 heteroatoms. The van der Waals surface area contributed by atoms with Crippen LogP contribution in [0.25, 0.3) is 0 Å². The Morgan fingerprint density at radius 2 is 1.74 bits per heavy atom. The third-order valence-corrected chi connectivity index (χ3v) is 7.32. The number of imide groups is 2. The van der Waals surface area contributed by atoms with E-state index in [-0.39, 0.29) is 35.5 Å². The Morgan fingerprint density at radius 3 is 2.46 bits per heavy atom. The number of hydrogen-bond donors (Lipinski definition) is 1. The molecule has 0 radical (unpaired) electrons. The van der Waals surface area contributed by atoms with Crippen molar-refractivity contribution in [3.05, 3.63) is 29.3 Å². The molecule has 1 aromatic carbocycles. The predicted molar refractivity (Wildman–Crippen MR) is 125 cm³/mol. The van der Waals surface area contributed by atoms with Crippen molar-refractivity contribution in [1.82, 2.24) is 15.1 Å². The summed E-state index contributed by atoms with van der Waals surface area (Å²) in [6, 6.07) is 4.22. The Hall–Kier alpha value is -3.43. The molecule has 4 heterocycles. The first-order valence-electron chi connectivity index (χ1n) is 12.0. The summed E-state index contributed by atoms with van der Waals surface area (Å²) in [6.07, 6.45) is 1.73. The van der Waals surface area contributed by atoms with Crippen LogP contribution >= 0.6 is 0 Å². The number of nitrogens with zero attached hydrogens (tertiary/aromatic N) is 3. The van der Waals surface area contributed by atoms with Crippen molar-refractivity contribution in [1.29, 1.82) is 0 Å². The molecule has 1 aromatic rings. The Bertz CT molecular complexity index is 1140. The van der Waals surface area contributed by atoms with Crippen molar-refractivity contribution in [2.75, 3.05) is 31.1 Å². The van der Waals surface area contributed by atoms with Crippen molar-refractivity contribution < 1.29 is 28.7 Å². The second kappa shape index (κ2) is 8.07. The van der Waals surface area contributed by atoms with E-state index in [0.717, 1.165) is 36.5 Å². The van der Waals surface area contributed by atoms with Gasteiger partial charge < -0.3 is 14.5 Å². The minimum absolute atomic E-state index is 0.0332. The summed E-state index contributed by atoms with van der Waals surface area (Å²) < 4.78 is 5.53. The van der Waals surface area contributed by atoms with E-state index in [2.05, 4.69) is 10.2 Å². The topological polar surface area (TPSA) is 116 Å². The van der Waals surface area contributed by atoms with Crippen molar-refractivity contribution in [2.24, 2.45) is 5.41 Å². The number of amides is 5. The van der Waals surface area contributed by atoms with Gasteiger partial charge in [0.2, 0.25) is 11.8 Å². The molecule has 0 saturated carbocycles. The van der Waals surface area contributed by atoms with Crippen LogP contribution in [0.2, 0.25) is 0 Å². The van der Waals surface area contributed by atoms with Crippen molar-refractivity contribution in [3.8, 4) is 0 Å². The zero-order valence-electron chi connectivity index (χ0n) is 20.3. The molecule has 0 aliphatic carbocycles. The zero-order chi connectivity index (χ0) is 25.1. The lowest BCUT2D eigenvalue weighted by molar-refractivity contribution is -0.136. The van der Waals surface area contributed by atoms with E-state index in [4.69, 9.17) is 4.74 Å². The number of hydrogen-bond acceptors (Lipinski definition) is 7. The maximum Gasteiger partial charge on any atom is 0.410 e. The number of anilines is 1. The molecule has 3 saturated heterocycles. The number of ether oxygens (including phenoxy) is 1. The second-order valence-corrected chi connectivity index (χ2v) is 11.0. The number of nitrogens with one attached hydrogen (secondary N) is 1. The molecule has 0 aromatic heterocycles. The number of likely N-dealkylation sites (tertiary alicyclic amines) is 1. The lowest BCUT2D eigenvalue weighted by atomic mass is 9.86. The third-order valence-electron chi connectivity index (χ3n) is 7.32. The molecule has 4 aliphatic rings. The van der Waals surface area contributed by atoms with Crippen LogP contribution in [0.5, 0.6) is 0 Å². The molecule has 2 unspecified atom stereocenters. The quantitative estimate of drug-likeness (QED) is 0.640. The SMILES string of the molecule is CC(C)(C)OC(=O)N1CCC2(CCN(c3ccc4c(c3)C(=O)N(C3CCC(=O)NC3=O)C4=O)C2)C1. The Kier molecular flexibility index (Phi) is 5.37. The second-order valence-electron chi connectivity index (χ2n) is 11.0. The molecule has 1 N–H and O–H groups in total. The van der Waals surface area contributed by atoms with E-state index in [0.29, 0.717) is 13.1 Å². The van der Waals surface area contributed by atoms with Gasteiger partial charge in [-0.25, -0.2) is 4.79 Å². The van der Waals surface area contributed by atoms with Crippen LogP contribution in [0.15, 0.2) is 18.2 Å².